The van der Waals surface area contributed by atoms with Gasteiger partial charge < -0.3 is 0 Å². The molecule has 73 valence electrons. The van der Waals surface area contributed by atoms with Gasteiger partial charge in [0.05, 0.1) is 5.75 Å². The number of sulfonamides is 1. The number of hydrogen-bond acceptors (Lipinski definition) is 2. The smallest absolute Gasteiger partial charge is 0.212 e. The Labute approximate surface area is 75.8 Å². The Bertz CT molecular complexity index is 195. The van der Waals surface area contributed by atoms with Gasteiger partial charge in [0.15, 0.2) is 0 Å². The summed E-state index contributed by atoms with van der Waals surface area (Å²) in [5.74, 6) is 0.234. The van der Waals surface area contributed by atoms with Gasteiger partial charge in [-0.2, -0.15) is 0 Å². The van der Waals surface area contributed by atoms with Gasteiger partial charge in [-0.1, -0.05) is 27.2 Å². The number of hydrogen-bond donors (Lipinski definition) is 0. The molecule has 0 saturated heterocycles. The van der Waals surface area contributed by atoms with E-state index in [-0.39, 0.29) is 5.75 Å². The van der Waals surface area contributed by atoms with E-state index >= 15 is 0 Å². The molecule has 0 rings (SSSR count). The Kier molecular flexibility index (Phi) is 5.50. The third-order valence-electron chi connectivity index (χ3n) is 1.75. The summed E-state index contributed by atoms with van der Waals surface area (Å²) >= 11 is 0. The summed E-state index contributed by atoms with van der Waals surface area (Å²) in [5, 5.41) is 0. The van der Waals surface area contributed by atoms with Crippen molar-refractivity contribution < 1.29 is 8.42 Å². The highest BCUT2D eigenvalue weighted by atomic mass is 32.2. The largest absolute Gasteiger partial charge is 0.214 e. The fourth-order valence-electron chi connectivity index (χ4n) is 1.03. The molecule has 0 N–H and O–H groups in total. The van der Waals surface area contributed by atoms with Crippen LogP contribution in [0, 0.1) is 6.92 Å². The molecule has 0 spiro atoms. The third-order valence-corrected chi connectivity index (χ3v) is 3.86. The van der Waals surface area contributed by atoms with Crippen LogP contribution in [0.5, 0.6) is 0 Å². The van der Waals surface area contributed by atoms with Gasteiger partial charge in [-0.05, 0) is 6.42 Å². The Balaban J connectivity index is 4.17. The van der Waals surface area contributed by atoms with Crippen LogP contribution >= 0.6 is 0 Å². The van der Waals surface area contributed by atoms with Gasteiger partial charge in [-0.3, -0.25) is 0 Å². The van der Waals surface area contributed by atoms with Gasteiger partial charge in [-0.25, -0.2) is 12.7 Å². The average molecular weight is 192 g/mol. The van der Waals surface area contributed by atoms with E-state index in [0.29, 0.717) is 25.9 Å². The van der Waals surface area contributed by atoms with E-state index in [1.54, 1.807) is 0 Å². The zero-order valence-corrected chi connectivity index (χ0v) is 8.73. The Morgan fingerprint density at radius 2 is 1.75 bits per heavy atom. The molecule has 0 fully saturated rings. The molecule has 0 bridgehead atoms. The van der Waals surface area contributed by atoms with E-state index in [1.165, 1.54) is 4.31 Å². The summed E-state index contributed by atoms with van der Waals surface area (Å²) in [7, 11) is -2.99. The first-order chi connectivity index (χ1) is 5.58. The van der Waals surface area contributed by atoms with Crippen molar-refractivity contribution in [1.29, 1.82) is 0 Å². The maximum absolute atomic E-state index is 11.4. The lowest BCUT2D eigenvalue weighted by Crippen LogP contribution is -2.32. The molecule has 0 aromatic heterocycles. The van der Waals surface area contributed by atoms with Crippen LogP contribution in [-0.2, 0) is 10.0 Å². The standard InChI is InChI=1S/C8H18NO2S/c1-4-7-8-12(10,11)9(5-2)6-3/h1,4-8H2,2-3H3. The van der Waals surface area contributed by atoms with Gasteiger partial charge in [0.25, 0.3) is 0 Å². The van der Waals surface area contributed by atoms with E-state index in [9.17, 15) is 8.42 Å². The SMILES string of the molecule is [CH2]CCCS(=O)(=O)N(CC)CC. The van der Waals surface area contributed by atoms with Crippen LogP contribution in [0.3, 0.4) is 0 Å². The highest BCUT2D eigenvalue weighted by Gasteiger charge is 2.16. The van der Waals surface area contributed by atoms with Gasteiger partial charge in [0.1, 0.15) is 0 Å². The molecule has 0 aromatic rings. The van der Waals surface area contributed by atoms with Crippen molar-refractivity contribution in [2.45, 2.75) is 26.7 Å². The van der Waals surface area contributed by atoms with Crippen molar-refractivity contribution in [2.75, 3.05) is 18.8 Å². The highest BCUT2D eigenvalue weighted by Crippen LogP contribution is 2.03. The third kappa shape index (κ3) is 3.54. The summed E-state index contributed by atoms with van der Waals surface area (Å²) in [6, 6.07) is 0. The van der Waals surface area contributed by atoms with Gasteiger partial charge in [0, 0.05) is 13.1 Å². The molecule has 0 aliphatic heterocycles. The minimum atomic E-state index is -2.99. The first-order valence-corrected chi connectivity index (χ1v) is 5.96. The Morgan fingerprint density at radius 3 is 2.08 bits per heavy atom. The first kappa shape index (κ1) is 11.9. The number of rotatable bonds is 6. The van der Waals surface area contributed by atoms with Crippen LogP contribution in [0.4, 0.5) is 0 Å². The summed E-state index contributed by atoms with van der Waals surface area (Å²) < 4.78 is 24.4. The molecule has 1 radical (unpaired) electrons. The monoisotopic (exact) mass is 192 g/mol. The summed E-state index contributed by atoms with van der Waals surface area (Å²) in [4.78, 5) is 0. The molecule has 3 nitrogen and oxygen atoms in total. The van der Waals surface area contributed by atoms with E-state index in [1.807, 2.05) is 13.8 Å². The van der Waals surface area contributed by atoms with Crippen LogP contribution in [0.15, 0.2) is 0 Å². The molecule has 4 heteroatoms. The molecule has 0 aliphatic carbocycles. The lowest BCUT2D eigenvalue weighted by molar-refractivity contribution is 0.444. The van der Waals surface area contributed by atoms with Crippen LogP contribution in [0.2, 0.25) is 0 Å². The molecule has 0 saturated carbocycles. The maximum atomic E-state index is 11.4. The second-order valence-electron chi connectivity index (χ2n) is 2.61. The van der Waals surface area contributed by atoms with Gasteiger partial charge in [0.2, 0.25) is 10.0 Å². The fraction of sp³-hybridized carbons (Fsp3) is 0.875. The summed E-state index contributed by atoms with van der Waals surface area (Å²) in [5.41, 5.74) is 0. The second-order valence-corrected chi connectivity index (χ2v) is 4.70. The zero-order valence-electron chi connectivity index (χ0n) is 7.91. The first-order valence-electron chi connectivity index (χ1n) is 4.35. The molecular weight excluding hydrogens is 174 g/mol. The van der Waals surface area contributed by atoms with Crippen molar-refractivity contribution in [3.05, 3.63) is 6.92 Å². The minimum absolute atomic E-state index is 0.234. The normalized spacial score (nSPS) is 12.3. The zero-order chi connectivity index (χ0) is 9.61. The lowest BCUT2D eigenvalue weighted by atomic mass is 10.4. The minimum Gasteiger partial charge on any atom is -0.212 e. The Hall–Kier alpha value is -0.0900. The van der Waals surface area contributed by atoms with Crippen LogP contribution in [0.25, 0.3) is 0 Å². The predicted octanol–water partition coefficient (Wildman–Crippen LogP) is 1.27. The van der Waals surface area contributed by atoms with Crippen molar-refractivity contribution in [1.82, 2.24) is 4.31 Å². The highest BCUT2D eigenvalue weighted by molar-refractivity contribution is 7.89. The molecule has 0 heterocycles. The molecule has 0 aliphatic rings. The van der Waals surface area contributed by atoms with Crippen molar-refractivity contribution >= 4 is 10.0 Å². The maximum Gasteiger partial charge on any atom is 0.214 e. The van der Waals surface area contributed by atoms with E-state index in [2.05, 4.69) is 6.92 Å². The van der Waals surface area contributed by atoms with Gasteiger partial charge in [-0.15, -0.1) is 0 Å². The van der Waals surface area contributed by atoms with E-state index in [0.717, 1.165) is 0 Å². The number of unbranched alkanes of at least 4 members (excludes halogenated alkanes) is 1. The average Bonchev–Trinajstić information content (AvgIpc) is 2.03. The van der Waals surface area contributed by atoms with Crippen molar-refractivity contribution in [2.24, 2.45) is 0 Å². The van der Waals surface area contributed by atoms with E-state index in [4.69, 9.17) is 0 Å². The lowest BCUT2D eigenvalue weighted by Gasteiger charge is -2.17. The molecule has 0 aromatic carbocycles. The molecule has 0 atom stereocenters. The van der Waals surface area contributed by atoms with Crippen molar-refractivity contribution in [3.63, 3.8) is 0 Å². The molecule has 0 unspecified atom stereocenters. The molecule has 12 heavy (non-hydrogen) atoms. The number of nitrogens with zero attached hydrogens (tertiary/aromatic N) is 1. The quantitative estimate of drug-likeness (QED) is 0.635. The van der Waals surface area contributed by atoms with Crippen LogP contribution in [-0.4, -0.2) is 31.6 Å². The Morgan fingerprint density at radius 1 is 1.25 bits per heavy atom. The van der Waals surface area contributed by atoms with Gasteiger partial charge >= 0.3 is 0 Å². The fourth-order valence-corrected chi connectivity index (χ4v) is 2.64. The molecule has 0 amide bonds. The van der Waals surface area contributed by atoms with Crippen LogP contribution < -0.4 is 0 Å². The van der Waals surface area contributed by atoms with E-state index < -0.39 is 10.0 Å². The molecular formula is C8H18NO2S. The second kappa shape index (κ2) is 5.54. The predicted molar refractivity (Wildman–Crippen MR) is 51.3 cm³/mol. The summed E-state index contributed by atoms with van der Waals surface area (Å²) in [6.45, 7) is 8.45. The van der Waals surface area contributed by atoms with Crippen molar-refractivity contribution in [3.8, 4) is 0 Å². The topological polar surface area (TPSA) is 37.4 Å². The van der Waals surface area contributed by atoms with Crippen LogP contribution in [0.1, 0.15) is 26.7 Å². The summed E-state index contributed by atoms with van der Waals surface area (Å²) in [6.07, 6.45) is 1.33.